The van der Waals surface area contributed by atoms with Crippen LogP contribution in [0.4, 0.5) is 0 Å². The summed E-state index contributed by atoms with van der Waals surface area (Å²) in [7, 11) is -4.20. The van der Waals surface area contributed by atoms with Gasteiger partial charge in [0.15, 0.2) is 0 Å². The Hall–Kier alpha value is -2.42. The second kappa shape index (κ2) is 7.86. The first-order chi connectivity index (χ1) is 12.1. The van der Waals surface area contributed by atoms with Gasteiger partial charge in [0.25, 0.3) is 0 Å². The normalized spacial score (nSPS) is 12.7. The Morgan fingerprint density at radius 3 is 2.15 bits per heavy atom. The Bertz CT molecular complexity index is 927. The fourth-order valence-corrected chi connectivity index (χ4v) is 4.01. The van der Waals surface area contributed by atoms with Crippen LogP contribution in [0.5, 0.6) is 0 Å². The van der Waals surface area contributed by atoms with E-state index >= 15 is 0 Å². The van der Waals surface area contributed by atoms with Crippen LogP contribution in [0.2, 0.25) is 5.02 Å². The molecule has 0 aliphatic carbocycles. The Morgan fingerprint density at radius 1 is 1.08 bits per heavy atom. The van der Waals surface area contributed by atoms with E-state index in [9.17, 15) is 23.1 Å². The van der Waals surface area contributed by atoms with E-state index in [1.165, 1.54) is 6.92 Å². The van der Waals surface area contributed by atoms with Crippen LogP contribution >= 0.6 is 11.6 Å². The number of rotatable bonds is 7. The van der Waals surface area contributed by atoms with Crippen molar-refractivity contribution in [1.82, 2.24) is 4.31 Å². The van der Waals surface area contributed by atoms with E-state index < -0.39 is 28.0 Å². The summed E-state index contributed by atoms with van der Waals surface area (Å²) in [5.41, 5.74) is 0.376. The second-order valence-electron chi connectivity index (χ2n) is 5.49. The van der Waals surface area contributed by atoms with Crippen molar-refractivity contribution in [2.45, 2.75) is 24.4 Å². The van der Waals surface area contributed by atoms with Crippen LogP contribution in [0, 0.1) is 0 Å². The van der Waals surface area contributed by atoms with Crippen molar-refractivity contribution in [1.29, 1.82) is 0 Å². The summed E-state index contributed by atoms with van der Waals surface area (Å²) in [6.45, 7) is 1.01. The van der Waals surface area contributed by atoms with Gasteiger partial charge in [-0.15, -0.1) is 0 Å². The number of benzene rings is 2. The molecular formula is C17H16ClNO6S. The molecule has 7 nitrogen and oxygen atoms in total. The number of carbonyl (C=O) groups is 2. The largest absolute Gasteiger partial charge is 0.480 e. The van der Waals surface area contributed by atoms with Crippen LogP contribution in [0.1, 0.15) is 22.8 Å². The maximum Gasteiger partial charge on any atom is 0.335 e. The van der Waals surface area contributed by atoms with Crippen molar-refractivity contribution in [3.8, 4) is 0 Å². The summed E-state index contributed by atoms with van der Waals surface area (Å²) in [6.07, 6.45) is 0. The lowest BCUT2D eigenvalue weighted by atomic mass is 10.2. The second-order valence-corrected chi connectivity index (χ2v) is 7.78. The van der Waals surface area contributed by atoms with E-state index in [0.29, 0.717) is 10.6 Å². The molecule has 26 heavy (non-hydrogen) atoms. The third-order valence-corrected chi connectivity index (χ3v) is 6.08. The van der Waals surface area contributed by atoms with Crippen molar-refractivity contribution < 1.29 is 28.2 Å². The number of carboxylic acid groups (broad SMARTS) is 2. The molecule has 0 aromatic heterocycles. The van der Waals surface area contributed by atoms with Crippen molar-refractivity contribution >= 4 is 33.6 Å². The van der Waals surface area contributed by atoms with Gasteiger partial charge in [-0.2, -0.15) is 4.31 Å². The predicted octanol–water partition coefficient (Wildman–Crippen LogP) is 2.70. The van der Waals surface area contributed by atoms with Gasteiger partial charge in [-0.25, -0.2) is 13.2 Å². The molecule has 0 fully saturated rings. The van der Waals surface area contributed by atoms with Gasteiger partial charge in [0, 0.05) is 11.6 Å². The number of hydrogen-bond donors (Lipinski definition) is 2. The summed E-state index contributed by atoms with van der Waals surface area (Å²) in [5.74, 6) is -2.51. The zero-order chi connectivity index (χ0) is 19.5. The SMILES string of the molecule is CC(C(=O)O)N(Cc1ccccc1Cl)S(=O)(=O)c1ccc(C(=O)O)cc1. The molecule has 2 N–H and O–H groups in total. The molecule has 2 aromatic carbocycles. The Kier molecular flexibility index (Phi) is 6.01. The first-order valence-corrected chi connectivity index (χ1v) is 9.28. The number of nitrogens with zero attached hydrogens (tertiary/aromatic N) is 1. The lowest BCUT2D eigenvalue weighted by molar-refractivity contribution is -0.141. The van der Waals surface area contributed by atoms with Gasteiger partial charge in [-0.3, -0.25) is 4.79 Å². The molecule has 2 aromatic rings. The lowest BCUT2D eigenvalue weighted by Gasteiger charge is -2.26. The maximum absolute atomic E-state index is 12.9. The minimum atomic E-state index is -4.20. The monoisotopic (exact) mass is 397 g/mol. The molecular weight excluding hydrogens is 382 g/mol. The summed E-state index contributed by atoms with van der Waals surface area (Å²) >= 11 is 6.07. The van der Waals surface area contributed by atoms with Crippen LogP contribution in [0.25, 0.3) is 0 Å². The Balaban J connectivity index is 2.47. The Morgan fingerprint density at radius 2 is 1.65 bits per heavy atom. The van der Waals surface area contributed by atoms with E-state index in [-0.39, 0.29) is 17.0 Å². The summed E-state index contributed by atoms with van der Waals surface area (Å²) < 4.78 is 26.7. The van der Waals surface area contributed by atoms with Gasteiger partial charge in [0.05, 0.1) is 10.5 Å². The molecule has 1 unspecified atom stereocenters. The van der Waals surface area contributed by atoms with Gasteiger partial charge in [0.1, 0.15) is 6.04 Å². The smallest absolute Gasteiger partial charge is 0.335 e. The van der Waals surface area contributed by atoms with E-state index in [4.69, 9.17) is 16.7 Å². The molecule has 0 saturated carbocycles. The number of carboxylic acids is 2. The van der Waals surface area contributed by atoms with Crippen molar-refractivity contribution in [3.05, 3.63) is 64.7 Å². The molecule has 0 heterocycles. The summed E-state index contributed by atoms with van der Waals surface area (Å²) in [4.78, 5) is 22.1. The summed E-state index contributed by atoms with van der Waals surface area (Å²) in [6, 6.07) is 9.73. The summed E-state index contributed by atoms with van der Waals surface area (Å²) in [5, 5.41) is 18.5. The van der Waals surface area contributed by atoms with Crippen LogP contribution < -0.4 is 0 Å². The number of hydrogen-bond acceptors (Lipinski definition) is 4. The van der Waals surface area contributed by atoms with E-state index in [2.05, 4.69) is 0 Å². The Labute approximate surface area is 155 Å². The molecule has 0 aliphatic heterocycles. The highest BCUT2D eigenvalue weighted by Gasteiger charge is 2.33. The van der Waals surface area contributed by atoms with Gasteiger partial charge < -0.3 is 10.2 Å². The minimum Gasteiger partial charge on any atom is -0.480 e. The molecule has 0 saturated heterocycles. The third-order valence-electron chi connectivity index (χ3n) is 3.78. The average Bonchev–Trinajstić information content (AvgIpc) is 2.60. The molecule has 9 heteroatoms. The van der Waals surface area contributed by atoms with Crippen LogP contribution in [-0.4, -0.2) is 40.9 Å². The van der Waals surface area contributed by atoms with Gasteiger partial charge in [0.2, 0.25) is 10.0 Å². The van der Waals surface area contributed by atoms with Crippen LogP contribution in [0.3, 0.4) is 0 Å². The van der Waals surface area contributed by atoms with Crippen molar-refractivity contribution in [2.24, 2.45) is 0 Å². The molecule has 0 radical (unpaired) electrons. The number of sulfonamides is 1. The highest BCUT2D eigenvalue weighted by atomic mass is 35.5. The van der Waals surface area contributed by atoms with Crippen LogP contribution in [-0.2, 0) is 21.4 Å². The lowest BCUT2D eigenvalue weighted by Crippen LogP contribution is -2.42. The maximum atomic E-state index is 12.9. The van der Waals surface area contributed by atoms with Gasteiger partial charge in [-0.05, 0) is 42.8 Å². The quantitative estimate of drug-likeness (QED) is 0.742. The number of aromatic carboxylic acids is 1. The van der Waals surface area contributed by atoms with Gasteiger partial charge in [-0.1, -0.05) is 29.8 Å². The molecule has 2 rings (SSSR count). The topological polar surface area (TPSA) is 112 Å². The highest BCUT2D eigenvalue weighted by Crippen LogP contribution is 2.25. The fourth-order valence-electron chi connectivity index (χ4n) is 2.25. The van der Waals surface area contributed by atoms with Crippen molar-refractivity contribution in [3.63, 3.8) is 0 Å². The molecule has 138 valence electrons. The van der Waals surface area contributed by atoms with Crippen molar-refractivity contribution in [2.75, 3.05) is 0 Å². The van der Waals surface area contributed by atoms with E-state index in [0.717, 1.165) is 28.6 Å². The standard InChI is InChI=1S/C17H16ClNO6S/c1-11(16(20)21)19(10-13-4-2-3-5-15(13)18)26(24,25)14-8-6-12(7-9-14)17(22)23/h2-9,11H,10H2,1H3,(H,20,21)(H,22,23). The molecule has 0 aliphatic rings. The fraction of sp³-hybridized carbons (Fsp3) is 0.176. The first-order valence-electron chi connectivity index (χ1n) is 7.46. The molecule has 0 bridgehead atoms. The third kappa shape index (κ3) is 4.21. The predicted molar refractivity (Wildman–Crippen MR) is 94.7 cm³/mol. The van der Waals surface area contributed by atoms with Crippen LogP contribution in [0.15, 0.2) is 53.4 Å². The van der Waals surface area contributed by atoms with E-state index in [1.807, 2.05) is 0 Å². The highest BCUT2D eigenvalue weighted by molar-refractivity contribution is 7.89. The number of halogens is 1. The molecule has 1 atom stereocenters. The number of aliphatic carboxylic acids is 1. The average molecular weight is 398 g/mol. The van der Waals surface area contributed by atoms with Gasteiger partial charge >= 0.3 is 11.9 Å². The molecule has 0 amide bonds. The molecule has 0 spiro atoms. The van der Waals surface area contributed by atoms with E-state index in [1.54, 1.807) is 24.3 Å². The zero-order valence-corrected chi connectivity index (χ0v) is 15.2. The minimum absolute atomic E-state index is 0.0760. The zero-order valence-electron chi connectivity index (χ0n) is 13.7. The first kappa shape index (κ1) is 19.9.